The average molecular weight is 381 g/mol. The van der Waals surface area contributed by atoms with Crippen molar-refractivity contribution in [2.75, 3.05) is 6.61 Å². The van der Waals surface area contributed by atoms with Gasteiger partial charge in [0.05, 0.1) is 0 Å². The molecule has 2 aromatic carbocycles. The van der Waals surface area contributed by atoms with Crippen molar-refractivity contribution in [3.8, 4) is 5.75 Å². The molecule has 0 aromatic heterocycles. The van der Waals surface area contributed by atoms with E-state index >= 15 is 0 Å². The third-order valence-corrected chi connectivity index (χ3v) is 3.39. The Balaban J connectivity index is 1.96. The van der Waals surface area contributed by atoms with Crippen LogP contribution in [0.1, 0.15) is 20.7 Å². The van der Waals surface area contributed by atoms with Gasteiger partial charge >= 0.3 is 0 Å². The maximum atomic E-state index is 11.9. The quantitative estimate of drug-likeness (QED) is 0.640. The van der Waals surface area contributed by atoms with Crippen LogP contribution in [0.25, 0.3) is 0 Å². The minimum absolute atomic E-state index is 0.0451. The smallest absolute Gasteiger partial charge is 0.248 e. The van der Waals surface area contributed by atoms with Crippen molar-refractivity contribution in [3.05, 3.63) is 63.2 Å². The predicted molar refractivity (Wildman–Crippen MR) is 83.9 cm³/mol. The Morgan fingerprint density at radius 3 is 2.05 bits per heavy atom. The zero-order valence-electron chi connectivity index (χ0n) is 10.5. The van der Waals surface area contributed by atoms with Gasteiger partial charge in [0, 0.05) is 14.7 Å². The molecule has 0 spiro atoms. The second kappa shape index (κ2) is 6.51. The summed E-state index contributed by atoms with van der Waals surface area (Å²) in [7, 11) is 0. The fourth-order valence-corrected chi connectivity index (χ4v) is 1.94. The van der Waals surface area contributed by atoms with Crippen LogP contribution in [0.4, 0.5) is 0 Å². The molecule has 0 saturated carbocycles. The summed E-state index contributed by atoms with van der Waals surface area (Å²) in [6.45, 7) is -0.0451. The first-order valence-electron chi connectivity index (χ1n) is 5.87. The highest BCUT2D eigenvalue weighted by atomic mass is 127. The summed E-state index contributed by atoms with van der Waals surface area (Å²) < 4.78 is 6.46. The molecular formula is C15H12INO3. The van der Waals surface area contributed by atoms with Crippen LogP contribution in [0.15, 0.2) is 48.5 Å². The molecule has 0 saturated heterocycles. The highest BCUT2D eigenvalue weighted by Crippen LogP contribution is 2.13. The van der Waals surface area contributed by atoms with E-state index in [1.165, 1.54) is 0 Å². The van der Waals surface area contributed by atoms with Crippen LogP contribution in [0, 0.1) is 3.57 Å². The Kier molecular flexibility index (Phi) is 4.73. The standard InChI is InChI=1S/C15H12INO3/c16-12-5-1-10(2-6-12)14(18)9-20-13-7-3-11(4-8-13)15(17)19/h1-8H,9H2,(H2,17,19). The monoisotopic (exact) mass is 381 g/mol. The molecule has 0 unspecified atom stereocenters. The van der Waals surface area contributed by atoms with Crippen molar-refractivity contribution < 1.29 is 14.3 Å². The Bertz CT molecular complexity index is 621. The first-order chi connectivity index (χ1) is 9.56. The van der Waals surface area contributed by atoms with Crippen LogP contribution >= 0.6 is 22.6 Å². The van der Waals surface area contributed by atoms with Crippen molar-refractivity contribution in [1.82, 2.24) is 0 Å². The Labute approximate surface area is 130 Å². The molecule has 102 valence electrons. The molecular weight excluding hydrogens is 369 g/mol. The molecule has 1 amide bonds. The van der Waals surface area contributed by atoms with E-state index < -0.39 is 5.91 Å². The molecule has 4 nitrogen and oxygen atoms in total. The maximum absolute atomic E-state index is 11.9. The SMILES string of the molecule is NC(=O)c1ccc(OCC(=O)c2ccc(I)cc2)cc1. The number of ketones is 1. The summed E-state index contributed by atoms with van der Waals surface area (Å²) in [5.41, 5.74) is 6.15. The minimum atomic E-state index is -0.494. The number of benzene rings is 2. The van der Waals surface area contributed by atoms with E-state index in [4.69, 9.17) is 10.5 Å². The summed E-state index contributed by atoms with van der Waals surface area (Å²) in [4.78, 5) is 22.8. The van der Waals surface area contributed by atoms with Crippen molar-refractivity contribution in [2.45, 2.75) is 0 Å². The maximum Gasteiger partial charge on any atom is 0.248 e. The normalized spacial score (nSPS) is 10.1. The van der Waals surface area contributed by atoms with Crippen molar-refractivity contribution in [3.63, 3.8) is 0 Å². The molecule has 0 aliphatic carbocycles. The van der Waals surface area contributed by atoms with E-state index in [9.17, 15) is 9.59 Å². The lowest BCUT2D eigenvalue weighted by Gasteiger charge is -2.06. The number of Topliss-reactive ketones (excluding diaryl/α,β-unsaturated/α-hetero) is 1. The molecule has 0 aliphatic rings. The second-order valence-corrected chi connectivity index (χ2v) is 5.35. The number of halogens is 1. The van der Waals surface area contributed by atoms with Gasteiger partial charge < -0.3 is 10.5 Å². The summed E-state index contributed by atoms with van der Waals surface area (Å²) >= 11 is 2.18. The molecule has 0 bridgehead atoms. The van der Waals surface area contributed by atoms with Gasteiger partial charge in [-0.15, -0.1) is 0 Å². The third kappa shape index (κ3) is 3.80. The van der Waals surface area contributed by atoms with Crippen LogP contribution in [0.3, 0.4) is 0 Å². The van der Waals surface area contributed by atoms with Gasteiger partial charge in [0.25, 0.3) is 0 Å². The van der Waals surface area contributed by atoms with Crippen LogP contribution in [-0.4, -0.2) is 18.3 Å². The highest BCUT2D eigenvalue weighted by molar-refractivity contribution is 14.1. The van der Waals surface area contributed by atoms with Gasteiger partial charge in [-0.25, -0.2) is 0 Å². The summed E-state index contributed by atoms with van der Waals surface area (Å²) in [5.74, 6) is -0.0687. The lowest BCUT2D eigenvalue weighted by Crippen LogP contribution is -2.12. The number of carbonyl (C=O) groups excluding carboxylic acids is 2. The lowest BCUT2D eigenvalue weighted by molar-refractivity contribution is 0.0920. The van der Waals surface area contributed by atoms with Crippen LogP contribution in [-0.2, 0) is 0 Å². The molecule has 0 aliphatic heterocycles. The summed E-state index contributed by atoms with van der Waals surface area (Å²) in [5, 5.41) is 0. The Hall–Kier alpha value is -1.89. The molecule has 2 aromatic rings. The van der Waals surface area contributed by atoms with Crippen molar-refractivity contribution in [1.29, 1.82) is 0 Å². The summed E-state index contributed by atoms with van der Waals surface area (Å²) in [6, 6.07) is 13.6. The highest BCUT2D eigenvalue weighted by Gasteiger charge is 2.07. The largest absolute Gasteiger partial charge is 0.485 e. The van der Waals surface area contributed by atoms with Gasteiger partial charge in [0.15, 0.2) is 12.4 Å². The van der Waals surface area contributed by atoms with E-state index in [-0.39, 0.29) is 12.4 Å². The molecule has 5 heteroatoms. The van der Waals surface area contributed by atoms with E-state index in [1.54, 1.807) is 36.4 Å². The predicted octanol–water partition coefficient (Wildman–Crippen LogP) is 2.65. The molecule has 0 fully saturated rings. The molecule has 0 heterocycles. The number of rotatable bonds is 5. The lowest BCUT2D eigenvalue weighted by atomic mass is 10.1. The van der Waals surface area contributed by atoms with Gasteiger partial charge in [-0.3, -0.25) is 9.59 Å². The number of nitrogens with two attached hydrogens (primary N) is 1. The number of amides is 1. The fourth-order valence-electron chi connectivity index (χ4n) is 1.58. The third-order valence-electron chi connectivity index (χ3n) is 2.67. The number of ether oxygens (including phenoxy) is 1. The van der Waals surface area contributed by atoms with Crippen molar-refractivity contribution >= 4 is 34.3 Å². The number of primary amides is 1. The van der Waals surface area contributed by atoms with Crippen LogP contribution in [0.5, 0.6) is 5.75 Å². The number of hydrogen-bond acceptors (Lipinski definition) is 3. The number of hydrogen-bond donors (Lipinski definition) is 1. The van der Waals surface area contributed by atoms with Gasteiger partial charge in [0.1, 0.15) is 5.75 Å². The molecule has 2 N–H and O–H groups in total. The Morgan fingerprint density at radius 2 is 1.50 bits per heavy atom. The first kappa shape index (κ1) is 14.5. The van der Waals surface area contributed by atoms with E-state index in [0.717, 1.165) is 3.57 Å². The molecule has 0 atom stereocenters. The van der Waals surface area contributed by atoms with E-state index in [0.29, 0.717) is 16.9 Å². The van der Waals surface area contributed by atoms with E-state index in [2.05, 4.69) is 22.6 Å². The van der Waals surface area contributed by atoms with Gasteiger partial charge in [-0.05, 0) is 59.0 Å². The zero-order chi connectivity index (χ0) is 14.5. The van der Waals surface area contributed by atoms with Gasteiger partial charge in [-0.2, -0.15) is 0 Å². The fraction of sp³-hybridized carbons (Fsp3) is 0.0667. The topological polar surface area (TPSA) is 69.4 Å². The van der Waals surface area contributed by atoms with Gasteiger partial charge in [0.2, 0.25) is 5.91 Å². The molecule has 2 rings (SSSR count). The second-order valence-electron chi connectivity index (χ2n) is 4.11. The number of carbonyl (C=O) groups is 2. The summed E-state index contributed by atoms with van der Waals surface area (Å²) in [6.07, 6.45) is 0. The van der Waals surface area contributed by atoms with Crippen molar-refractivity contribution in [2.24, 2.45) is 5.73 Å². The van der Waals surface area contributed by atoms with E-state index in [1.807, 2.05) is 12.1 Å². The van der Waals surface area contributed by atoms with Crippen LogP contribution in [0.2, 0.25) is 0 Å². The van der Waals surface area contributed by atoms with Crippen LogP contribution < -0.4 is 10.5 Å². The average Bonchev–Trinajstić information content (AvgIpc) is 2.46. The van der Waals surface area contributed by atoms with Gasteiger partial charge in [-0.1, -0.05) is 12.1 Å². The first-order valence-corrected chi connectivity index (χ1v) is 6.95. The minimum Gasteiger partial charge on any atom is -0.485 e. The zero-order valence-corrected chi connectivity index (χ0v) is 12.7. The molecule has 0 radical (unpaired) electrons. The Morgan fingerprint density at radius 1 is 0.950 bits per heavy atom. The molecule has 20 heavy (non-hydrogen) atoms.